The maximum Gasteiger partial charge on any atom is 0.140 e. The summed E-state index contributed by atoms with van der Waals surface area (Å²) < 4.78 is 0.920. The Hall–Kier alpha value is -2.15. The number of anilines is 1. The molecule has 0 saturated heterocycles. The molecule has 0 radical (unpaired) electrons. The van der Waals surface area contributed by atoms with E-state index >= 15 is 0 Å². The van der Waals surface area contributed by atoms with Crippen LogP contribution in [-0.2, 0) is 6.54 Å². The summed E-state index contributed by atoms with van der Waals surface area (Å²) in [5.41, 5.74) is 6.62. The number of hydrogen-bond donors (Lipinski definition) is 2. The van der Waals surface area contributed by atoms with Crippen molar-refractivity contribution >= 4 is 27.6 Å². The van der Waals surface area contributed by atoms with E-state index in [-0.39, 0.29) is 5.84 Å². The second kappa shape index (κ2) is 7.58. The molecule has 0 aliphatic rings. The molecule has 0 unspecified atom stereocenters. The van der Waals surface area contributed by atoms with E-state index in [1.807, 2.05) is 30.5 Å². The van der Waals surface area contributed by atoms with Crippen LogP contribution in [0.5, 0.6) is 0 Å². The fraction of sp³-hybridized carbons (Fsp3) is 0.214. The standard InChI is InChI=1S/C14H16BrN5O/c15-12-3-4-14(18-9-12)20(7-5-13(16)19-21)10-11-2-1-6-17-8-11/h1-4,6,8-9,21H,5,7,10H2,(H2,16,19). The second-order valence-corrected chi connectivity index (χ2v) is 5.37. The van der Waals surface area contributed by atoms with Crippen molar-refractivity contribution < 1.29 is 5.21 Å². The third kappa shape index (κ3) is 4.71. The van der Waals surface area contributed by atoms with Crippen LogP contribution in [0.2, 0.25) is 0 Å². The smallest absolute Gasteiger partial charge is 0.140 e. The maximum absolute atomic E-state index is 8.66. The number of oxime groups is 1. The molecule has 2 heterocycles. The van der Waals surface area contributed by atoms with Crippen LogP contribution in [-0.4, -0.2) is 27.6 Å². The van der Waals surface area contributed by atoms with Crippen molar-refractivity contribution in [2.45, 2.75) is 13.0 Å². The van der Waals surface area contributed by atoms with Gasteiger partial charge in [-0.05, 0) is 39.7 Å². The average molecular weight is 350 g/mol. The molecule has 2 rings (SSSR count). The van der Waals surface area contributed by atoms with Gasteiger partial charge in [0, 0.05) is 42.6 Å². The number of nitrogens with zero attached hydrogens (tertiary/aromatic N) is 4. The predicted molar refractivity (Wildman–Crippen MR) is 85.2 cm³/mol. The van der Waals surface area contributed by atoms with Crippen LogP contribution in [0.1, 0.15) is 12.0 Å². The van der Waals surface area contributed by atoms with Crippen LogP contribution in [0.4, 0.5) is 5.82 Å². The zero-order chi connectivity index (χ0) is 15.1. The van der Waals surface area contributed by atoms with E-state index < -0.39 is 0 Å². The van der Waals surface area contributed by atoms with Gasteiger partial charge in [0.2, 0.25) is 0 Å². The van der Waals surface area contributed by atoms with Crippen LogP contribution >= 0.6 is 15.9 Å². The first-order valence-electron chi connectivity index (χ1n) is 6.41. The summed E-state index contributed by atoms with van der Waals surface area (Å²) in [6.07, 6.45) is 5.75. The van der Waals surface area contributed by atoms with Gasteiger partial charge < -0.3 is 15.8 Å². The number of pyridine rings is 2. The summed E-state index contributed by atoms with van der Waals surface area (Å²) in [6, 6.07) is 7.75. The Morgan fingerprint density at radius 2 is 2.19 bits per heavy atom. The highest BCUT2D eigenvalue weighted by Crippen LogP contribution is 2.17. The van der Waals surface area contributed by atoms with Crippen LogP contribution < -0.4 is 10.6 Å². The van der Waals surface area contributed by atoms with Gasteiger partial charge in [0.15, 0.2) is 0 Å². The van der Waals surface area contributed by atoms with Crippen molar-refractivity contribution in [3.05, 3.63) is 52.9 Å². The van der Waals surface area contributed by atoms with Gasteiger partial charge in [-0.1, -0.05) is 11.2 Å². The highest BCUT2D eigenvalue weighted by molar-refractivity contribution is 9.10. The molecule has 2 aromatic rings. The summed E-state index contributed by atoms with van der Waals surface area (Å²) >= 11 is 3.37. The monoisotopic (exact) mass is 349 g/mol. The van der Waals surface area contributed by atoms with E-state index in [9.17, 15) is 0 Å². The maximum atomic E-state index is 8.66. The third-order valence-corrected chi connectivity index (χ3v) is 3.37. The number of rotatable bonds is 6. The molecule has 0 spiro atoms. The van der Waals surface area contributed by atoms with Gasteiger partial charge >= 0.3 is 0 Å². The van der Waals surface area contributed by atoms with Crippen LogP contribution in [0.25, 0.3) is 0 Å². The van der Waals surface area contributed by atoms with E-state index in [0.717, 1.165) is 15.9 Å². The first-order valence-corrected chi connectivity index (χ1v) is 7.20. The summed E-state index contributed by atoms with van der Waals surface area (Å²) in [6.45, 7) is 1.25. The lowest BCUT2D eigenvalue weighted by Gasteiger charge is -2.23. The predicted octanol–water partition coefficient (Wildman–Crippen LogP) is 2.38. The van der Waals surface area contributed by atoms with Gasteiger partial charge in [-0.2, -0.15) is 0 Å². The molecule has 110 valence electrons. The van der Waals surface area contributed by atoms with Gasteiger partial charge in [0.1, 0.15) is 11.7 Å². The van der Waals surface area contributed by atoms with Gasteiger partial charge in [-0.3, -0.25) is 4.98 Å². The molecule has 3 N–H and O–H groups in total. The fourth-order valence-corrected chi connectivity index (χ4v) is 2.08. The minimum atomic E-state index is 0.197. The Morgan fingerprint density at radius 3 is 2.81 bits per heavy atom. The summed E-state index contributed by atoms with van der Waals surface area (Å²) in [4.78, 5) is 10.6. The van der Waals surface area contributed by atoms with Crippen molar-refractivity contribution in [3.8, 4) is 0 Å². The van der Waals surface area contributed by atoms with E-state index in [2.05, 4.69) is 36.0 Å². The number of hydrogen-bond acceptors (Lipinski definition) is 5. The largest absolute Gasteiger partial charge is 0.409 e. The first kappa shape index (κ1) is 15.2. The Morgan fingerprint density at radius 1 is 1.33 bits per heavy atom. The highest BCUT2D eigenvalue weighted by Gasteiger charge is 2.10. The minimum absolute atomic E-state index is 0.197. The quantitative estimate of drug-likeness (QED) is 0.361. The molecule has 0 saturated carbocycles. The summed E-state index contributed by atoms with van der Waals surface area (Å²) in [5.74, 6) is 1.02. The highest BCUT2D eigenvalue weighted by atomic mass is 79.9. The molecule has 2 aromatic heterocycles. The SMILES string of the molecule is N/C(CCN(Cc1cccnc1)c1ccc(Br)cn1)=N\O. The topological polar surface area (TPSA) is 87.6 Å². The molecule has 0 atom stereocenters. The lowest BCUT2D eigenvalue weighted by Crippen LogP contribution is -2.28. The average Bonchev–Trinajstić information content (AvgIpc) is 2.53. The zero-order valence-electron chi connectivity index (χ0n) is 11.4. The molecule has 6 nitrogen and oxygen atoms in total. The number of amidine groups is 1. The molecule has 0 aliphatic heterocycles. The molecule has 21 heavy (non-hydrogen) atoms. The second-order valence-electron chi connectivity index (χ2n) is 4.46. The molecule has 0 fully saturated rings. The van der Waals surface area contributed by atoms with Crippen molar-refractivity contribution in [1.29, 1.82) is 0 Å². The minimum Gasteiger partial charge on any atom is -0.409 e. The van der Waals surface area contributed by atoms with E-state index in [1.54, 1.807) is 12.4 Å². The van der Waals surface area contributed by atoms with E-state index in [0.29, 0.717) is 19.5 Å². The molecular weight excluding hydrogens is 334 g/mol. The van der Waals surface area contributed by atoms with Crippen molar-refractivity contribution in [2.75, 3.05) is 11.4 Å². The number of nitrogens with two attached hydrogens (primary N) is 1. The van der Waals surface area contributed by atoms with E-state index in [4.69, 9.17) is 10.9 Å². The normalized spacial score (nSPS) is 11.4. The molecule has 0 bridgehead atoms. The van der Waals surface area contributed by atoms with Crippen LogP contribution in [0, 0.1) is 0 Å². The fourth-order valence-electron chi connectivity index (χ4n) is 1.84. The molecule has 0 amide bonds. The van der Waals surface area contributed by atoms with Gasteiger partial charge in [0.05, 0.1) is 0 Å². The number of aromatic nitrogens is 2. The molecule has 0 aliphatic carbocycles. The Balaban J connectivity index is 2.15. The third-order valence-electron chi connectivity index (χ3n) is 2.90. The van der Waals surface area contributed by atoms with Gasteiger partial charge in [-0.15, -0.1) is 0 Å². The lowest BCUT2D eigenvalue weighted by molar-refractivity contribution is 0.317. The Bertz CT molecular complexity index is 588. The summed E-state index contributed by atoms with van der Waals surface area (Å²) in [5, 5.41) is 11.7. The Labute approximate surface area is 131 Å². The van der Waals surface area contributed by atoms with Gasteiger partial charge in [0.25, 0.3) is 0 Å². The first-order chi connectivity index (χ1) is 10.2. The lowest BCUT2D eigenvalue weighted by atomic mass is 10.2. The van der Waals surface area contributed by atoms with Crippen LogP contribution in [0.15, 0.2) is 52.5 Å². The molecule has 0 aromatic carbocycles. The van der Waals surface area contributed by atoms with Crippen molar-refractivity contribution in [2.24, 2.45) is 10.9 Å². The van der Waals surface area contributed by atoms with Crippen molar-refractivity contribution in [1.82, 2.24) is 9.97 Å². The van der Waals surface area contributed by atoms with Crippen LogP contribution in [0.3, 0.4) is 0 Å². The number of halogens is 1. The zero-order valence-corrected chi connectivity index (χ0v) is 12.9. The molecular formula is C14H16BrN5O. The van der Waals surface area contributed by atoms with E-state index in [1.165, 1.54) is 0 Å². The van der Waals surface area contributed by atoms with Crippen molar-refractivity contribution in [3.63, 3.8) is 0 Å². The Kier molecular flexibility index (Phi) is 5.51. The summed E-state index contributed by atoms with van der Waals surface area (Å²) in [7, 11) is 0. The van der Waals surface area contributed by atoms with Gasteiger partial charge in [-0.25, -0.2) is 4.98 Å². The molecule has 7 heteroatoms.